The fourth-order valence-corrected chi connectivity index (χ4v) is 4.63. The number of halogens is 1. The Bertz CT molecular complexity index is 408. The number of hydrogen-bond acceptors (Lipinski definition) is 3. The average molecular weight is 315 g/mol. The number of likely N-dealkylation sites (N-methyl/N-ethyl adjacent to an activating group) is 1. The quantitative estimate of drug-likeness (QED) is 0.847. The van der Waals surface area contributed by atoms with Gasteiger partial charge in [-0.3, -0.25) is 4.90 Å². The third kappa shape index (κ3) is 3.56. The van der Waals surface area contributed by atoms with Crippen molar-refractivity contribution in [2.24, 2.45) is 0 Å². The van der Waals surface area contributed by atoms with E-state index in [1.165, 1.54) is 43.6 Å². The molecule has 1 saturated heterocycles. The number of nitrogens with one attached hydrogen (secondary N) is 1. The summed E-state index contributed by atoms with van der Waals surface area (Å²) in [5.41, 5.74) is 0.0921. The van der Waals surface area contributed by atoms with Crippen molar-refractivity contribution in [2.75, 3.05) is 19.6 Å². The molecule has 0 saturated carbocycles. The monoisotopic (exact) mass is 314 g/mol. The van der Waals surface area contributed by atoms with Crippen LogP contribution < -0.4 is 5.32 Å². The fraction of sp³-hybridized carbons (Fsp3) is 0.750. The highest BCUT2D eigenvalue weighted by Gasteiger charge is 2.37. The molecule has 0 bridgehead atoms. The van der Waals surface area contributed by atoms with E-state index in [9.17, 15) is 0 Å². The topological polar surface area (TPSA) is 15.3 Å². The van der Waals surface area contributed by atoms with E-state index in [0.29, 0.717) is 6.04 Å². The van der Waals surface area contributed by atoms with Crippen molar-refractivity contribution in [3.8, 4) is 0 Å². The SMILES string of the molecule is CCNC(c1sccc1Cl)C(C)(C)N1CCCCCC1. The Morgan fingerprint density at radius 1 is 1.30 bits per heavy atom. The van der Waals surface area contributed by atoms with Crippen LogP contribution in [0.4, 0.5) is 0 Å². The molecule has 0 spiro atoms. The Balaban J connectivity index is 2.24. The average Bonchev–Trinajstić information content (AvgIpc) is 2.69. The summed E-state index contributed by atoms with van der Waals surface area (Å²) in [5, 5.41) is 6.67. The van der Waals surface area contributed by atoms with E-state index < -0.39 is 0 Å². The van der Waals surface area contributed by atoms with Crippen LogP contribution in [0.5, 0.6) is 0 Å². The lowest BCUT2D eigenvalue weighted by Gasteiger charge is -2.44. The summed E-state index contributed by atoms with van der Waals surface area (Å²) in [6.07, 6.45) is 5.39. The van der Waals surface area contributed by atoms with Gasteiger partial charge in [0.1, 0.15) is 0 Å². The molecule has 1 aliphatic heterocycles. The number of likely N-dealkylation sites (tertiary alicyclic amines) is 1. The van der Waals surface area contributed by atoms with Crippen molar-refractivity contribution in [1.82, 2.24) is 10.2 Å². The maximum Gasteiger partial charge on any atom is 0.0611 e. The van der Waals surface area contributed by atoms with E-state index in [4.69, 9.17) is 11.6 Å². The van der Waals surface area contributed by atoms with Gasteiger partial charge in [-0.1, -0.05) is 31.4 Å². The zero-order valence-corrected chi connectivity index (χ0v) is 14.5. The van der Waals surface area contributed by atoms with Crippen molar-refractivity contribution >= 4 is 22.9 Å². The van der Waals surface area contributed by atoms with Crippen LogP contribution in [-0.2, 0) is 0 Å². The van der Waals surface area contributed by atoms with E-state index in [1.807, 2.05) is 6.07 Å². The third-order valence-electron chi connectivity index (χ3n) is 4.44. The molecule has 2 nitrogen and oxygen atoms in total. The number of nitrogens with zero attached hydrogens (tertiary/aromatic N) is 1. The van der Waals surface area contributed by atoms with Crippen LogP contribution in [0.15, 0.2) is 11.4 Å². The second kappa shape index (κ2) is 7.26. The van der Waals surface area contributed by atoms with Crippen molar-refractivity contribution in [1.29, 1.82) is 0 Å². The maximum atomic E-state index is 6.40. The molecule has 0 amide bonds. The van der Waals surface area contributed by atoms with E-state index in [0.717, 1.165) is 11.6 Å². The van der Waals surface area contributed by atoms with Crippen LogP contribution in [0.25, 0.3) is 0 Å². The predicted molar refractivity (Wildman–Crippen MR) is 89.9 cm³/mol. The lowest BCUT2D eigenvalue weighted by Crippen LogP contribution is -2.52. The molecule has 1 fully saturated rings. The molecule has 0 aliphatic carbocycles. The standard InChI is InChI=1S/C16H27ClN2S/c1-4-18-15(14-13(17)9-12-20-14)16(2,3)19-10-7-5-6-8-11-19/h9,12,15,18H,4-8,10-11H2,1-3H3. The molecular formula is C16H27ClN2S. The van der Waals surface area contributed by atoms with Gasteiger partial charge >= 0.3 is 0 Å². The van der Waals surface area contributed by atoms with Crippen molar-refractivity contribution in [3.63, 3.8) is 0 Å². The minimum Gasteiger partial charge on any atom is -0.308 e. The first-order valence-corrected chi connectivity index (χ1v) is 9.04. The zero-order chi connectivity index (χ0) is 14.6. The minimum atomic E-state index is 0.0921. The predicted octanol–water partition coefficient (Wildman–Crippen LogP) is 4.71. The number of thiophene rings is 1. The van der Waals surface area contributed by atoms with Gasteiger partial charge < -0.3 is 5.32 Å². The second-order valence-corrected chi connectivity index (χ2v) is 7.53. The highest BCUT2D eigenvalue weighted by molar-refractivity contribution is 7.10. The molecule has 2 heterocycles. The Morgan fingerprint density at radius 3 is 2.45 bits per heavy atom. The lowest BCUT2D eigenvalue weighted by atomic mass is 9.90. The van der Waals surface area contributed by atoms with Gasteiger partial charge in [0.25, 0.3) is 0 Å². The molecule has 1 atom stereocenters. The normalized spacial score (nSPS) is 19.8. The third-order valence-corrected chi connectivity index (χ3v) is 5.87. The van der Waals surface area contributed by atoms with Gasteiger partial charge in [-0.2, -0.15) is 0 Å². The van der Waals surface area contributed by atoms with Crippen LogP contribution >= 0.6 is 22.9 Å². The molecule has 114 valence electrons. The molecule has 1 unspecified atom stereocenters. The molecule has 4 heteroatoms. The van der Waals surface area contributed by atoms with Gasteiger partial charge in [0.2, 0.25) is 0 Å². The lowest BCUT2D eigenvalue weighted by molar-refractivity contribution is 0.0853. The fourth-order valence-electron chi connectivity index (χ4n) is 3.21. The van der Waals surface area contributed by atoms with Gasteiger partial charge in [-0.15, -0.1) is 11.3 Å². The maximum absolute atomic E-state index is 6.40. The summed E-state index contributed by atoms with van der Waals surface area (Å²) in [7, 11) is 0. The second-order valence-electron chi connectivity index (χ2n) is 6.18. The van der Waals surface area contributed by atoms with Gasteiger partial charge in [0.15, 0.2) is 0 Å². The largest absolute Gasteiger partial charge is 0.308 e. The van der Waals surface area contributed by atoms with Gasteiger partial charge in [0, 0.05) is 10.4 Å². The highest BCUT2D eigenvalue weighted by atomic mass is 35.5. The Kier molecular flexibility index (Phi) is 5.91. The van der Waals surface area contributed by atoms with E-state index in [2.05, 4.69) is 36.4 Å². The first-order chi connectivity index (χ1) is 9.57. The minimum absolute atomic E-state index is 0.0921. The Morgan fingerprint density at radius 2 is 1.95 bits per heavy atom. The van der Waals surface area contributed by atoms with Crippen LogP contribution in [0, 0.1) is 0 Å². The number of hydrogen-bond donors (Lipinski definition) is 1. The summed E-state index contributed by atoms with van der Waals surface area (Å²) >= 11 is 8.17. The van der Waals surface area contributed by atoms with E-state index in [1.54, 1.807) is 11.3 Å². The molecule has 1 aliphatic rings. The number of rotatable bonds is 5. The van der Waals surface area contributed by atoms with Crippen LogP contribution in [0.1, 0.15) is 57.4 Å². The Labute approximate surface area is 132 Å². The van der Waals surface area contributed by atoms with Gasteiger partial charge in [0.05, 0.1) is 11.1 Å². The molecule has 20 heavy (non-hydrogen) atoms. The van der Waals surface area contributed by atoms with Crippen molar-refractivity contribution < 1.29 is 0 Å². The van der Waals surface area contributed by atoms with Crippen molar-refractivity contribution in [2.45, 2.75) is 58.0 Å². The first kappa shape index (κ1) is 16.3. The van der Waals surface area contributed by atoms with Crippen LogP contribution in [0.2, 0.25) is 5.02 Å². The Hall–Kier alpha value is -0.0900. The summed E-state index contributed by atoms with van der Waals surface area (Å²) in [6.45, 7) is 10.3. The molecule has 1 aromatic rings. The first-order valence-electron chi connectivity index (χ1n) is 7.78. The van der Waals surface area contributed by atoms with Crippen LogP contribution in [0.3, 0.4) is 0 Å². The summed E-state index contributed by atoms with van der Waals surface area (Å²) in [5.74, 6) is 0. The summed E-state index contributed by atoms with van der Waals surface area (Å²) in [6, 6.07) is 2.32. The molecule has 1 N–H and O–H groups in total. The van der Waals surface area contributed by atoms with Gasteiger partial charge in [-0.25, -0.2) is 0 Å². The summed E-state index contributed by atoms with van der Waals surface area (Å²) < 4.78 is 0. The van der Waals surface area contributed by atoms with Crippen LogP contribution in [-0.4, -0.2) is 30.1 Å². The van der Waals surface area contributed by atoms with Crippen molar-refractivity contribution in [3.05, 3.63) is 21.3 Å². The molecule has 2 rings (SSSR count). The smallest absolute Gasteiger partial charge is 0.0611 e. The molecule has 0 radical (unpaired) electrons. The summed E-state index contributed by atoms with van der Waals surface area (Å²) in [4.78, 5) is 3.94. The van der Waals surface area contributed by atoms with Gasteiger partial charge in [-0.05, 0) is 57.8 Å². The highest BCUT2D eigenvalue weighted by Crippen LogP contribution is 2.38. The molecule has 0 aromatic carbocycles. The zero-order valence-electron chi connectivity index (χ0n) is 12.9. The van der Waals surface area contributed by atoms with E-state index in [-0.39, 0.29) is 5.54 Å². The molecular weight excluding hydrogens is 288 g/mol. The van der Waals surface area contributed by atoms with E-state index >= 15 is 0 Å². The molecule has 1 aromatic heterocycles.